The van der Waals surface area contributed by atoms with Gasteiger partial charge in [0.15, 0.2) is 0 Å². The lowest BCUT2D eigenvalue weighted by Crippen LogP contribution is -2.45. The van der Waals surface area contributed by atoms with Crippen molar-refractivity contribution in [2.45, 2.75) is 45.7 Å². The second-order valence-electron chi connectivity index (χ2n) is 5.62. The molecule has 1 aliphatic heterocycles. The number of nitrogens with zero attached hydrogens (tertiary/aromatic N) is 1. The van der Waals surface area contributed by atoms with Crippen molar-refractivity contribution < 1.29 is 9.59 Å². The van der Waals surface area contributed by atoms with E-state index in [1.165, 1.54) is 10.4 Å². The molecule has 0 bridgehead atoms. The fourth-order valence-electron chi connectivity index (χ4n) is 2.57. The Kier molecular flexibility index (Phi) is 5.22. The SMILES string of the molecule is CC(C)NC(=O)CCNC(=O)N1CCc2sccc2[C@H]1C. The number of fused-ring (bicyclic) bond motifs is 1. The maximum absolute atomic E-state index is 12.2. The highest BCUT2D eigenvalue weighted by Gasteiger charge is 2.28. The van der Waals surface area contributed by atoms with Crippen LogP contribution in [0.2, 0.25) is 0 Å². The summed E-state index contributed by atoms with van der Waals surface area (Å²) in [7, 11) is 0. The molecule has 6 heteroatoms. The number of urea groups is 1. The van der Waals surface area contributed by atoms with Gasteiger partial charge in [0.05, 0.1) is 6.04 Å². The third-order valence-electron chi connectivity index (χ3n) is 3.62. The van der Waals surface area contributed by atoms with E-state index in [0.717, 1.165) is 13.0 Å². The van der Waals surface area contributed by atoms with Gasteiger partial charge in [-0.15, -0.1) is 11.3 Å². The Hall–Kier alpha value is -1.56. The first-order chi connectivity index (χ1) is 9.99. The van der Waals surface area contributed by atoms with E-state index >= 15 is 0 Å². The van der Waals surface area contributed by atoms with Crippen molar-refractivity contribution in [3.8, 4) is 0 Å². The van der Waals surface area contributed by atoms with Crippen LogP contribution in [0.5, 0.6) is 0 Å². The zero-order chi connectivity index (χ0) is 15.4. The van der Waals surface area contributed by atoms with Crippen molar-refractivity contribution in [2.24, 2.45) is 0 Å². The molecule has 3 amide bonds. The molecular weight excluding hydrogens is 286 g/mol. The van der Waals surface area contributed by atoms with E-state index in [0.29, 0.717) is 13.0 Å². The summed E-state index contributed by atoms with van der Waals surface area (Å²) >= 11 is 1.76. The topological polar surface area (TPSA) is 61.4 Å². The molecule has 0 saturated heterocycles. The summed E-state index contributed by atoms with van der Waals surface area (Å²) in [5.74, 6) is -0.0305. The van der Waals surface area contributed by atoms with Crippen LogP contribution in [-0.2, 0) is 11.2 Å². The lowest BCUT2D eigenvalue weighted by molar-refractivity contribution is -0.121. The van der Waals surface area contributed by atoms with Gasteiger partial charge >= 0.3 is 6.03 Å². The van der Waals surface area contributed by atoms with Crippen molar-refractivity contribution in [3.63, 3.8) is 0 Å². The molecule has 0 aromatic carbocycles. The van der Waals surface area contributed by atoms with E-state index in [1.807, 2.05) is 18.7 Å². The van der Waals surface area contributed by atoms with Gasteiger partial charge in [-0.05, 0) is 44.2 Å². The van der Waals surface area contributed by atoms with Gasteiger partial charge in [-0.1, -0.05) is 0 Å². The quantitative estimate of drug-likeness (QED) is 0.896. The molecule has 0 unspecified atom stereocenters. The van der Waals surface area contributed by atoms with E-state index in [1.54, 1.807) is 11.3 Å². The third-order valence-corrected chi connectivity index (χ3v) is 4.61. The zero-order valence-electron chi connectivity index (χ0n) is 12.8. The highest BCUT2D eigenvalue weighted by molar-refractivity contribution is 7.10. The zero-order valence-corrected chi connectivity index (χ0v) is 13.6. The van der Waals surface area contributed by atoms with E-state index in [-0.39, 0.29) is 24.0 Å². The predicted molar refractivity (Wildman–Crippen MR) is 84.4 cm³/mol. The molecule has 21 heavy (non-hydrogen) atoms. The fourth-order valence-corrected chi connectivity index (χ4v) is 3.53. The summed E-state index contributed by atoms with van der Waals surface area (Å²) in [5, 5.41) is 7.73. The molecule has 2 heterocycles. The normalized spacial score (nSPS) is 17.5. The Bertz CT molecular complexity index is 513. The van der Waals surface area contributed by atoms with Crippen LogP contribution in [0.25, 0.3) is 0 Å². The Balaban J connectivity index is 1.81. The standard InChI is InChI=1S/C15H23N3O2S/c1-10(2)17-14(19)4-7-16-15(20)18-8-5-13-12(11(18)3)6-9-21-13/h6,9-11H,4-5,7-8H2,1-3H3,(H,16,20)(H,17,19)/t11-/m1/s1. The molecule has 0 radical (unpaired) electrons. The lowest BCUT2D eigenvalue weighted by atomic mass is 10.0. The number of amides is 3. The van der Waals surface area contributed by atoms with Gasteiger partial charge in [0.1, 0.15) is 0 Å². The first kappa shape index (κ1) is 15.8. The number of hydrogen-bond acceptors (Lipinski definition) is 3. The van der Waals surface area contributed by atoms with Crippen molar-refractivity contribution >= 4 is 23.3 Å². The average Bonchev–Trinajstić information content (AvgIpc) is 2.87. The molecule has 2 rings (SSSR count). The number of thiophene rings is 1. The summed E-state index contributed by atoms with van der Waals surface area (Å²) in [4.78, 5) is 27.0. The third kappa shape index (κ3) is 3.97. The molecule has 5 nitrogen and oxygen atoms in total. The Morgan fingerprint density at radius 2 is 2.24 bits per heavy atom. The van der Waals surface area contributed by atoms with Crippen LogP contribution in [0.1, 0.15) is 43.7 Å². The Morgan fingerprint density at radius 3 is 2.95 bits per heavy atom. The number of hydrogen-bond donors (Lipinski definition) is 2. The average molecular weight is 309 g/mol. The van der Waals surface area contributed by atoms with Crippen molar-refractivity contribution in [2.75, 3.05) is 13.1 Å². The summed E-state index contributed by atoms with van der Waals surface area (Å²) in [5.41, 5.74) is 1.25. The van der Waals surface area contributed by atoms with Crippen LogP contribution >= 0.6 is 11.3 Å². The van der Waals surface area contributed by atoms with Crippen LogP contribution in [0, 0.1) is 0 Å². The van der Waals surface area contributed by atoms with Gasteiger partial charge in [-0.2, -0.15) is 0 Å². The minimum absolute atomic E-state index is 0.0305. The highest BCUT2D eigenvalue weighted by atomic mass is 32.1. The van der Waals surface area contributed by atoms with Crippen molar-refractivity contribution in [3.05, 3.63) is 21.9 Å². The minimum atomic E-state index is -0.0864. The van der Waals surface area contributed by atoms with Crippen LogP contribution < -0.4 is 10.6 Å². The van der Waals surface area contributed by atoms with Crippen molar-refractivity contribution in [1.82, 2.24) is 15.5 Å². The largest absolute Gasteiger partial charge is 0.354 e. The number of rotatable bonds is 4. The Morgan fingerprint density at radius 1 is 1.48 bits per heavy atom. The molecule has 1 aromatic heterocycles. The molecule has 2 N–H and O–H groups in total. The second kappa shape index (κ2) is 6.93. The summed E-state index contributed by atoms with van der Waals surface area (Å²) in [6.07, 6.45) is 1.23. The molecule has 1 atom stereocenters. The van der Waals surface area contributed by atoms with Gasteiger partial charge in [0.25, 0.3) is 0 Å². The Labute approximate surface area is 129 Å². The number of carbonyl (C=O) groups is 2. The molecule has 0 saturated carbocycles. The maximum Gasteiger partial charge on any atom is 0.317 e. The van der Waals surface area contributed by atoms with Crippen molar-refractivity contribution in [1.29, 1.82) is 0 Å². The van der Waals surface area contributed by atoms with E-state index in [9.17, 15) is 9.59 Å². The molecule has 0 spiro atoms. The number of nitrogens with one attached hydrogen (secondary N) is 2. The molecule has 116 valence electrons. The van der Waals surface area contributed by atoms with Crippen LogP contribution in [-0.4, -0.2) is 36.0 Å². The van der Waals surface area contributed by atoms with Crippen LogP contribution in [0.3, 0.4) is 0 Å². The molecule has 0 aliphatic carbocycles. The lowest BCUT2D eigenvalue weighted by Gasteiger charge is -2.33. The minimum Gasteiger partial charge on any atom is -0.354 e. The molecule has 0 fully saturated rings. The van der Waals surface area contributed by atoms with Gasteiger partial charge in [0, 0.05) is 30.4 Å². The first-order valence-corrected chi connectivity index (χ1v) is 8.27. The fraction of sp³-hybridized carbons (Fsp3) is 0.600. The first-order valence-electron chi connectivity index (χ1n) is 7.39. The smallest absolute Gasteiger partial charge is 0.317 e. The molecule has 1 aromatic rings. The van der Waals surface area contributed by atoms with Crippen LogP contribution in [0.4, 0.5) is 4.79 Å². The predicted octanol–water partition coefficient (Wildman–Crippen LogP) is 2.29. The summed E-state index contributed by atoms with van der Waals surface area (Å²) < 4.78 is 0. The van der Waals surface area contributed by atoms with Gasteiger partial charge in [0.2, 0.25) is 5.91 Å². The number of carbonyl (C=O) groups excluding carboxylic acids is 2. The maximum atomic E-state index is 12.2. The van der Waals surface area contributed by atoms with E-state index in [2.05, 4.69) is 29.0 Å². The van der Waals surface area contributed by atoms with Gasteiger partial charge in [-0.3, -0.25) is 4.79 Å². The van der Waals surface area contributed by atoms with E-state index in [4.69, 9.17) is 0 Å². The monoisotopic (exact) mass is 309 g/mol. The highest BCUT2D eigenvalue weighted by Crippen LogP contribution is 2.32. The molecule has 1 aliphatic rings. The molecular formula is C15H23N3O2S. The van der Waals surface area contributed by atoms with E-state index < -0.39 is 0 Å². The van der Waals surface area contributed by atoms with Gasteiger partial charge < -0.3 is 15.5 Å². The van der Waals surface area contributed by atoms with Gasteiger partial charge in [-0.25, -0.2) is 4.79 Å². The van der Waals surface area contributed by atoms with Crippen LogP contribution in [0.15, 0.2) is 11.4 Å². The summed E-state index contributed by atoms with van der Waals surface area (Å²) in [6.45, 7) is 7.00. The summed E-state index contributed by atoms with van der Waals surface area (Å²) in [6, 6.07) is 2.24. The second-order valence-corrected chi connectivity index (χ2v) is 6.62.